The number of thiophene rings is 1. The van der Waals surface area contributed by atoms with Crippen LogP contribution in [-0.4, -0.2) is 5.75 Å². The van der Waals surface area contributed by atoms with E-state index in [4.69, 9.17) is 5.73 Å². The molecule has 1 nitrogen and oxygen atoms in total. The number of hydrogen-bond acceptors (Lipinski definition) is 3. The number of rotatable bonds is 4. The Labute approximate surface area is 105 Å². The molecular formula is C13H15NS2. The predicted molar refractivity (Wildman–Crippen MR) is 73.2 cm³/mol. The molecule has 3 heteroatoms. The Bertz CT molecular complexity index is 437. The van der Waals surface area contributed by atoms with E-state index in [-0.39, 0.29) is 6.04 Å². The molecule has 1 atom stereocenters. The lowest BCUT2D eigenvalue weighted by Gasteiger charge is -2.13. The quantitative estimate of drug-likeness (QED) is 0.833. The molecule has 2 aromatic rings. The minimum Gasteiger partial charge on any atom is -0.323 e. The molecule has 0 aliphatic heterocycles. The summed E-state index contributed by atoms with van der Waals surface area (Å²) in [7, 11) is 0. The largest absolute Gasteiger partial charge is 0.323 e. The van der Waals surface area contributed by atoms with E-state index in [1.807, 2.05) is 11.8 Å². The number of benzene rings is 1. The third-order valence-corrected chi connectivity index (χ3v) is 4.74. The minimum absolute atomic E-state index is 0.119. The topological polar surface area (TPSA) is 26.0 Å². The molecule has 0 saturated heterocycles. The highest BCUT2D eigenvalue weighted by Crippen LogP contribution is 2.27. The van der Waals surface area contributed by atoms with Gasteiger partial charge in [0, 0.05) is 11.8 Å². The van der Waals surface area contributed by atoms with Crippen molar-refractivity contribution in [1.82, 2.24) is 0 Å². The van der Waals surface area contributed by atoms with E-state index in [1.54, 1.807) is 11.3 Å². The Balaban J connectivity index is 1.98. The molecule has 0 saturated carbocycles. The highest BCUT2D eigenvalue weighted by Gasteiger charge is 2.08. The van der Waals surface area contributed by atoms with Crippen molar-refractivity contribution in [3.8, 4) is 0 Å². The summed E-state index contributed by atoms with van der Waals surface area (Å²) in [5, 5.41) is 2.10. The van der Waals surface area contributed by atoms with Crippen LogP contribution in [0.15, 0.2) is 46.0 Å². The summed E-state index contributed by atoms with van der Waals surface area (Å²) in [4.78, 5) is 0. The molecule has 0 radical (unpaired) electrons. The van der Waals surface area contributed by atoms with Gasteiger partial charge in [0.2, 0.25) is 0 Å². The number of thioether (sulfide) groups is 1. The van der Waals surface area contributed by atoms with E-state index < -0.39 is 0 Å². The Morgan fingerprint density at radius 1 is 1.25 bits per heavy atom. The van der Waals surface area contributed by atoms with Crippen molar-refractivity contribution in [3.05, 3.63) is 52.9 Å². The summed E-state index contributed by atoms with van der Waals surface area (Å²) >= 11 is 3.60. The zero-order valence-electron chi connectivity index (χ0n) is 9.22. The monoisotopic (exact) mass is 249 g/mol. The molecule has 2 N–H and O–H groups in total. The second-order valence-corrected chi connectivity index (χ2v) is 5.97. The van der Waals surface area contributed by atoms with Gasteiger partial charge in [-0.2, -0.15) is 0 Å². The Morgan fingerprint density at radius 3 is 2.75 bits per heavy atom. The second-order valence-electron chi connectivity index (χ2n) is 3.71. The van der Waals surface area contributed by atoms with Gasteiger partial charge in [-0.05, 0) is 29.5 Å². The second kappa shape index (κ2) is 5.53. The van der Waals surface area contributed by atoms with Gasteiger partial charge in [-0.15, -0.1) is 23.1 Å². The number of nitrogens with two attached hydrogens (primary N) is 1. The standard InChI is InChI=1S/C13H15NS2/c1-10-5-2-3-6-11(10)12(14)9-16-13-7-4-8-15-13/h2-8,12H,9,14H2,1H3. The molecule has 0 bridgehead atoms. The van der Waals surface area contributed by atoms with Gasteiger partial charge in [0.25, 0.3) is 0 Å². The zero-order valence-corrected chi connectivity index (χ0v) is 10.9. The first-order valence-electron chi connectivity index (χ1n) is 5.25. The molecule has 1 aromatic heterocycles. The van der Waals surface area contributed by atoms with Crippen LogP contribution >= 0.6 is 23.1 Å². The van der Waals surface area contributed by atoms with Gasteiger partial charge in [0.05, 0.1) is 4.21 Å². The first-order valence-corrected chi connectivity index (χ1v) is 7.11. The molecule has 0 aliphatic rings. The first-order chi connectivity index (χ1) is 7.77. The van der Waals surface area contributed by atoms with Crippen molar-refractivity contribution < 1.29 is 0 Å². The Hall–Kier alpha value is -0.770. The van der Waals surface area contributed by atoms with Crippen LogP contribution in [0.4, 0.5) is 0 Å². The minimum atomic E-state index is 0.119. The lowest BCUT2D eigenvalue weighted by atomic mass is 10.0. The summed E-state index contributed by atoms with van der Waals surface area (Å²) in [5.41, 5.74) is 8.73. The fourth-order valence-electron chi connectivity index (χ4n) is 1.61. The van der Waals surface area contributed by atoms with E-state index in [2.05, 4.69) is 48.7 Å². The lowest BCUT2D eigenvalue weighted by Crippen LogP contribution is -2.14. The van der Waals surface area contributed by atoms with E-state index >= 15 is 0 Å². The molecule has 0 amide bonds. The third kappa shape index (κ3) is 2.88. The van der Waals surface area contributed by atoms with Gasteiger partial charge in [-0.3, -0.25) is 0 Å². The maximum absolute atomic E-state index is 6.20. The average molecular weight is 249 g/mol. The van der Waals surface area contributed by atoms with Crippen LogP contribution in [0.2, 0.25) is 0 Å². The van der Waals surface area contributed by atoms with Crippen molar-refractivity contribution in [2.45, 2.75) is 17.2 Å². The molecule has 0 spiro atoms. The van der Waals surface area contributed by atoms with Gasteiger partial charge >= 0.3 is 0 Å². The van der Waals surface area contributed by atoms with E-state index in [9.17, 15) is 0 Å². The molecule has 1 unspecified atom stereocenters. The van der Waals surface area contributed by atoms with E-state index in [0.717, 1.165) is 5.75 Å². The molecular weight excluding hydrogens is 234 g/mol. The molecule has 1 aromatic carbocycles. The molecule has 84 valence electrons. The molecule has 1 heterocycles. The van der Waals surface area contributed by atoms with Crippen LogP contribution in [-0.2, 0) is 0 Å². The third-order valence-electron chi connectivity index (χ3n) is 2.49. The lowest BCUT2D eigenvalue weighted by molar-refractivity contribution is 0.823. The summed E-state index contributed by atoms with van der Waals surface area (Å²) < 4.78 is 1.34. The Kier molecular flexibility index (Phi) is 4.04. The molecule has 2 rings (SSSR count). The summed E-state index contributed by atoms with van der Waals surface area (Å²) in [6, 6.07) is 12.7. The number of hydrogen-bond donors (Lipinski definition) is 1. The van der Waals surface area contributed by atoms with Crippen molar-refractivity contribution in [2.24, 2.45) is 5.73 Å². The maximum Gasteiger partial charge on any atom is 0.0599 e. The van der Waals surface area contributed by atoms with Crippen LogP contribution in [0.1, 0.15) is 17.2 Å². The molecule has 0 fully saturated rings. The van der Waals surface area contributed by atoms with Crippen LogP contribution in [0.25, 0.3) is 0 Å². The molecule has 16 heavy (non-hydrogen) atoms. The van der Waals surface area contributed by atoms with Crippen LogP contribution in [0.3, 0.4) is 0 Å². The van der Waals surface area contributed by atoms with Gasteiger partial charge in [0.1, 0.15) is 0 Å². The van der Waals surface area contributed by atoms with Crippen molar-refractivity contribution in [3.63, 3.8) is 0 Å². The van der Waals surface area contributed by atoms with Crippen LogP contribution < -0.4 is 5.73 Å². The van der Waals surface area contributed by atoms with Gasteiger partial charge in [-0.25, -0.2) is 0 Å². The highest BCUT2D eigenvalue weighted by molar-refractivity contribution is 8.01. The highest BCUT2D eigenvalue weighted by atomic mass is 32.2. The summed E-state index contributed by atoms with van der Waals surface area (Å²) in [5.74, 6) is 0.936. The smallest absolute Gasteiger partial charge is 0.0599 e. The Morgan fingerprint density at radius 2 is 2.06 bits per heavy atom. The molecule has 0 aliphatic carbocycles. The van der Waals surface area contributed by atoms with Gasteiger partial charge in [-0.1, -0.05) is 30.3 Å². The predicted octanol–water partition coefficient (Wildman–Crippen LogP) is 3.85. The van der Waals surface area contributed by atoms with Crippen LogP contribution in [0, 0.1) is 6.92 Å². The van der Waals surface area contributed by atoms with E-state index in [0.29, 0.717) is 0 Å². The normalized spacial score (nSPS) is 12.6. The first kappa shape index (κ1) is 11.7. The fourth-order valence-corrected chi connectivity index (χ4v) is 3.40. The van der Waals surface area contributed by atoms with Crippen molar-refractivity contribution in [1.29, 1.82) is 0 Å². The SMILES string of the molecule is Cc1ccccc1C(N)CSc1cccs1. The van der Waals surface area contributed by atoms with Gasteiger partial charge < -0.3 is 5.73 Å². The van der Waals surface area contributed by atoms with Gasteiger partial charge in [0.15, 0.2) is 0 Å². The van der Waals surface area contributed by atoms with E-state index in [1.165, 1.54) is 15.3 Å². The van der Waals surface area contributed by atoms with Crippen molar-refractivity contribution >= 4 is 23.1 Å². The zero-order chi connectivity index (χ0) is 11.4. The average Bonchev–Trinajstić information content (AvgIpc) is 2.79. The fraction of sp³-hybridized carbons (Fsp3) is 0.231. The van der Waals surface area contributed by atoms with Crippen LogP contribution in [0.5, 0.6) is 0 Å². The summed E-state index contributed by atoms with van der Waals surface area (Å²) in [6.45, 7) is 2.12. The maximum atomic E-state index is 6.20. The summed E-state index contributed by atoms with van der Waals surface area (Å²) in [6.07, 6.45) is 0. The number of aryl methyl sites for hydroxylation is 1. The van der Waals surface area contributed by atoms with Crippen molar-refractivity contribution in [2.75, 3.05) is 5.75 Å².